The van der Waals surface area contributed by atoms with Crippen LogP contribution in [0.15, 0.2) is 24.3 Å². The summed E-state index contributed by atoms with van der Waals surface area (Å²) in [6.45, 7) is 1.66. The Morgan fingerprint density at radius 2 is 2.10 bits per heavy atom. The van der Waals surface area contributed by atoms with Crippen LogP contribution in [-0.4, -0.2) is 48.6 Å². The van der Waals surface area contributed by atoms with Gasteiger partial charge in [0, 0.05) is 31.6 Å². The molecule has 0 spiro atoms. The van der Waals surface area contributed by atoms with Crippen LogP contribution in [0.1, 0.15) is 29.3 Å². The number of carbonyl (C=O) groups excluding carboxylic acids is 2. The summed E-state index contributed by atoms with van der Waals surface area (Å²) >= 11 is 0. The molecule has 2 amide bonds. The summed E-state index contributed by atoms with van der Waals surface area (Å²) in [5.41, 5.74) is 1.15. The van der Waals surface area contributed by atoms with Crippen LogP contribution in [-0.2, 0) is 4.79 Å². The highest BCUT2D eigenvalue weighted by Crippen LogP contribution is 2.05. The molecule has 0 aromatic heterocycles. The van der Waals surface area contributed by atoms with Gasteiger partial charge in [-0.25, -0.2) is 0 Å². The second-order valence-electron chi connectivity index (χ2n) is 4.78. The minimum Gasteiger partial charge on any atom is -0.395 e. The quantitative estimate of drug-likeness (QED) is 0.798. The van der Waals surface area contributed by atoms with Gasteiger partial charge in [-0.2, -0.15) is 0 Å². The number of hydrogen-bond donors (Lipinski definition) is 2. The molecule has 1 unspecified atom stereocenters. The van der Waals surface area contributed by atoms with Gasteiger partial charge in [0.1, 0.15) is 6.04 Å². The third-order valence-electron chi connectivity index (χ3n) is 2.75. The highest BCUT2D eigenvalue weighted by atomic mass is 16.2. The smallest absolute Gasteiger partial charge is 0.251 e. The Hall–Kier alpha value is -2.32. The van der Waals surface area contributed by atoms with Crippen molar-refractivity contribution in [3.63, 3.8) is 0 Å². The predicted octanol–water partition coefficient (Wildman–Crippen LogP) is 0.627. The summed E-state index contributed by atoms with van der Waals surface area (Å²) in [5, 5.41) is 11.3. The van der Waals surface area contributed by atoms with Gasteiger partial charge in [-0.15, -0.1) is 0 Å². The average Bonchev–Trinajstić information content (AvgIpc) is 2.46. The number of likely N-dealkylation sites (N-methyl/N-ethyl adjacent to an activating group) is 1. The Morgan fingerprint density at radius 3 is 2.71 bits per heavy atom. The van der Waals surface area contributed by atoms with Crippen LogP contribution >= 0.6 is 0 Å². The van der Waals surface area contributed by atoms with Gasteiger partial charge in [0.15, 0.2) is 0 Å². The van der Waals surface area contributed by atoms with Crippen molar-refractivity contribution in [2.45, 2.75) is 19.4 Å². The van der Waals surface area contributed by atoms with E-state index in [1.807, 2.05) is 0 Å². The lowest BCUT2D eigenvalue weighted by Gasteiger charge is -2.18. The van der Waals surface area contributed by atoms with E-state index in [1.54, 1.807) is 45.3 Å². The van der Waals surface area contributed by atoms with Gasteiger partial charge >= 0.3 is 0 Å². The van der Waals surface area contributed by atoms with E-state index in [2.05, 4.69) is 17.2 Å². The van der Waals surface area contributed by atoms with Gasteiger partial charge in [0.2, 0.25) is 5.91 Å². The monoisotopic (exact) mass is 288 g/mol. The number of carbonyl (C=O) groups is 2. The topological polar surface area (TPSA) is 69.6 Å². The zero-order valence-corrected chi connectivity index (χ0v) is 12.5. The molecule has 0 aliphatic carbocycles. The highest BCUT2D eigenvalue weighted by Gasteiger charge is 2.17. The number of hydrogen-bond acceptors (Lipinski definition) is 3. The summed E-state index contributed by atoms with van der Waals surface area (Å²) in [6.07, 6.45) is 0.394. The second kappa shape index (κ2) is 8.08. The van der Waals surface area contributed by atoms with Gasteiger partial charge < -0.3 is 15.3 Å². The molecule has 0 bridgehead atoms. The molecule has 5 nitrogen and oxygen atoms in total. The van der Waals surface area contributed by atoms with Gasteiger partial charge in [-0.05, 0) is 25.1 Å². The van der Waals surface area contributed by atoms with Crippen LogP contribution < -0.4 is 5.32 Å². The van der Waals surface area contributed by atoms with Crippen LogP contribution in [0, 0.1) is 11.8 Å². The van der Waals surface area contributed by atoms with Crippen molar-refractivity contribution >= 4 is 11.8 Å². The molecule has 1 rings (SSSR count). The Bertz CT molecular complexity index is 570. The van der Waals surface area contributed by atoms with Gasteiger partial charge in [0.25, 0.3) is 5.91 Å². The van der Waals surface area contributed by atoms with Crippen molar-refractivity contribution in [1.82, 2.24) is 10.2 Å². The Kier molecular flexibility index (Phi) is 6.44. The number of nitrogens with one attached hydrogen (secondary N) is 1. The van der Waals surface area contributed by atoms with E-state index in [0.717, 1.165) is 0 Å². The SMILES string of the molecule is CC(NC(=O)c1cccc(C#CCCO)c1)C(=O)N(C)C. The summed E-state index contributed by atoms with van der Waals surface area (Å²) in [6, 6.07) is 6.26. The molecule has 0 saturated carbocycles. The highest BCUT2D eigenvalue weighted by molar-refractivity contribution is 5.97. The van der Waals surface area contributed by atoms with Gasteiger partial charge in [-0.3, -0.25) is 9.59 Å². The number of nitrogens with zero attached hydrogens (tertiary/aromatic N) is 1. The first-order valence-electron chi connectivity index (χ1n) is 6.67. The van der Waals surface area contributed by atoms with E-state index < -0.39 is 6.04 Å². The van der Waals surface area contributed by atoms with Crippen LogP contribution in [0.2, 0.25) is 0 Å². The molecule has 5 heteroatoms. The lowest BCUT2D eigenvalue weighted by Crippen LogP contribution is -2.44. The molecular weight excluding hydrogens is 268 g/mol. The van der Waals surface area contributed by atoms with Gasteiger partial charge in [0.05, 0.1) is 6.61 Å². The number of aliphatic hydroxyl groups excluding tert-OH is 1. The van der Waals surface area contributed by atoms with Gasteiger partial charge in [-0.1, -0.05) is 17.9 Å². The van der Waals surface area contributed by atoms with E-state index in [0.29, 0.717) is 17.5 Å². The van der Waals surface area contributed by atoms with Crippen molar-refractivity contribution in [2.75, 3.05) is 20.7 Å². The summed E-state index contributed by atoms with van der Waals surface area (Å²) < 4.78 is 0. The lowest BCUT2D eigenvalue weighted by molar-refractivity contribution is -0.130. The predicted molar refractivity (Wildman–Crippen MR) is 80.6 cm³/mol. The number of benzene rings is 1. The number of amides is 2. The maximum Gasteiger partial charge on any atom is 0.251 e. The van der Waals surface area contributed by atoms with E-state index >= 15 is 0 Å². The first-order valence-corrected chi connectivity index (χ1v) is 6.67. The first-order chi connectivity index (χ1) is 9.95. The normalized spacial score (nSPS) is 11.0. The molecule has 0 aliphatic rings. The molecular formula is C16H20N2O3. The van der Waals surface area contributed by atoms with Crippen molar-refractivity contribution in [3.05, 3.63) is 35.4 Å². The molecule has 0 radical (unpaired) electrons. The molecule has 0 heterocycles. The molecule has 112 valence electrons. The van der Waals surface area contributed by atoms with E-state index in [4.69, 9.17) is 5.11 Å². The molecule has 0 fully saturated rings. The fourth-order valence-electron chi connectivity index (χ4n) is 1.69. The van der Waals surface area contributed by atoms with Crippen LogP contribution in [0.4, 0.5) is 0 Å². The third kappa shape index (κ3) is 5.28. The summed E-state index contributed by atoms with van der Waals surface area (Å²) in [7, 11) is 3.28. The summed E-state index contributed by atoms with van der Waals surface area (Å²) in [5.74, 6) is 5.19. The minimum atomic E-state index is -0.586. The van der Waals surface area contributed by atoms with Crippen LogP contribution in [0.3, 0.4) is 0 Å². The Labute approximate surface area is 125 Å². The fourth-order valence-corrected chi connectivity index (χ4v) is 1.69. The largest absolute Gasteiger partial charge is 0.395 e. The summed E-state index contributed by atoms with van der Waals surface area (Å²) in [4.78, 5) is 25.2. The molecule has 2 N–H and O–H groups in total. The Morgan fingerprint density at radius 1 is 1.38 bits per heavy atom. The van der Waals surface area contributed by atoms with E-state index in [9.17, 15) is 9.59 Å². The number of aliphatic hydroxyl groups is 1. The van der Waals surface area contributed by atoms with Crippen molar-refractivity contribution in [2.24, 2.45) is 0 Å². The lowest BCUT2D eigenvalue weighted by atomic mass is 10.1. The van der Waals surface area contributed by atoms with Crippen molar-refractivity contribution < 1.29 is 14.7 Å². The maximum atomic E-state index is 12.1. The van der Waals surface area contributed by atoms with Crippen LogP contribution in [0.5, 0.6) is 0 Å². The second-order valence-corrected chi connectivity index (χ2v) is 4.78. The molecule has 21 heavy (non-hydrogen) atoms. The molecule has 0 saturated heterocycles. The van der Waals surface area contributed by atoms with Crippen molar-refractivity contribution in [3.8, 4) is 11.8 Å². The zero-order valence-electron chi connectivity index (χ0n) is 12.5. The first kappa shape index (κ1) is 16.7. The molecule has 1 aromatic carbocycles. The van der Waals surface area contributed by atoms with Crippen molar-refractivity contribution in [1.29, 1.82) is 0 Å². The Balaban J connectivity index is 2.77. The van der Waals surface area contributed by atoms with E-state index in [1.165, 1.54) is 4.90 Å². The molecule has 0 aliphatic heterocycles. The van der Waals surface area contributed by atoms with E-state index in [-0.39, 0.29) is 18.4 Å². The minimum absolute atomic E-state index is 0.0112. The zero-order chi connectivity index (χ0) is 15.8. The average molecular weight is 288 g/mol. The fraction of sp³-hybridized carbons (Fsp3) is 0.375. The van der Waals surface area contributed by atoms with Crippen LogP contribution in [0.25, 0.3) is 0 Å². The standard InChI is InChI=1S/C16H20N2O3/c1-12(16(21)18(2)3)17-15(20)14-9-6-8-13(11-14)7-4-5-10-19/h6,8-9,11-12,19H,5,10H2,1-3H3,(H,17,20). The molecule has 1 atom stereocenters. The number of rotatable bonds is 4. The third-order valence-corrected chi connectivity index (χ3v) is 2.75. The maximum absolute atomic E-state index is 12.1. The molecule has 1 aromatic rings.